The first kappa shape index (κ1) is 19.5. The van der Waals surface area contributed by atoms with Crippen LogP contribution in [0.25, 0.3) is 0 Å². The first-order valence-corrected chi connectivity index (χ1v) is 12.0. The van der Waals surface area contributed by atoms with Gasteiger partial charge in [-0.3, -0.25) is 4.79 Å². The summed E-state index contributed by atoms with van der Waals surface area (Å²) in [6, 6.07) is 28.1. The molecule has 3 aromatic carbocycles. The molecular weight excluding hydrogens is 375 g/mol. The maximum Gasteiger partial charge on any atom is 0.324 e. The number of esters is 1. The zero-order valence-corrected chi connectivity index (χ0v) is 16.7. The maximum absolute atomic E-state index is 14.3. The second-order valence-electron chi connectivity index (χ2n) is 5.87. The van der Waals surface area contributed by atoms with E-state index < -0.39 is 11.6 Å². The van der Waals surface area contributed by atoms with Gasteiger partial charge >= 0.3 is 5.97 Å². The van der Waals surface area contributed by atoms with Gasteiger partial charge in [-0.25, -0.2) is 0 Å². The van der Waals surface area contributed by atoms with Gasteiger partial charge in [-0.1, -0.05) is 102 Å². The molecule has 0 saturated carbocycles. The summed E-state index contributed by atoms with van der Waals surface area (Å²) in [5.74, 6) is -0.374. The van der Waals surface area contributed by atoms with Gasteiger partial charge in [0.15, 0.2) is 6.34 Å². The molecule has 3 nitrogen and oxygen atoms in total. The van der Waals surface area contributed by atoms with Crippen LogP contribution in [0.3, 0.4) is 0 Å². The summed E-state index contributed by atoms with van der Waals surface area (Å²) >= 11 is 1.18. The molecule has 0 amide bonds. The molecule has 0 aliphatic carbocycles. The minimum Gasteiger partial charge on any atom is -0.465 e. The fraction of sp³-hybridized carbons (Fsp3) is 0.136. The van der Waals surface area contributed by atoms with E-state index in [-0.39, 0.29) is 12.6 Å². The van der Waals surface area contributed by atoms with Crippen LogP contribution < -0.4 is 10.6 Å². The molecule has 0 spiro atoms. The average molecular weight is 396 g/mol. The average Bonchev–Trinajstić information content (AvgIpc) is 2.74. The first-order chi connectivity index (χ1) is 13.1. The van der Waals surface area contributed by atoms with Crippen LogP contribution in [0.1, 0.15) is 17.7 Å². The Morgan fingerprint density at radius 2 is 1.30 bits per heavy atom. The lowest BCUT2D eigenvalue weighted by atomic mass is 10.1. The quantitative estimate of drug-likeness (QED) is 0.419. The van der Waals surface area contributed by atoms with Crippen molar-refractivity contribution in [3.63, 3.8) is 0 Å². The van der Waals surface area contributed by atoms with Crippen LogP contribution in [0.2, 0.25) is 0 Å². The highest BCUT2D eigenvalue weighted by Crippen LogP contribution is 2.62. The monoisotopic (exact) mass is 396 g/mol. The van der Waals surface area contributed by atoms with Gasteiger partial charge in [0.2, 0.25) is 0 Å². The minimum absolute atomic E-state index is 0.281. The highest BCUT2D eigenvalue weighted by molar-refractivity contribution is 8.62. The van der Waals surface area contributed by atoms with Gasteiger partial charge in [-0.2, -0.15) is 0 Å². The third kappa shape index (κ3) is 4.52. The summed E-state index contributed by atoms with van der Waals surface area (Å²) in [6.45, 7) is 2.06. The van der Waals surface area contributed by atoms with Crippen molar-refractivity contribution in [3.05, 3.63) is 96.6 Å². The van der Waals surface area contributed by atoms with Crippen molar-refractivity contribution in [1.29, 1.82) is 0 Å². The number of benzene rings is 3. The predicted molar refractivity (Wildman–Crippen MR) is 113 cm³/mol. The molecule has 3 rings (SSSR count). The van der Waals surface area contributed by atoms with Gasteiger partial charge in [-0.05, 0) is 12.5 Å². The van der Waals surface area contributed by atoms with E-state index in [0.717, 1.165) is 5.56 Å². The first-order valence-electron chi connectivity index (χ1n) is 8.76. The standard InChI is InChI=1S/C22H21O3PS/c1-2-25-22(23)21(18-12-6-3-7-13-18)27-26(24,19-14-8-4-9-15-19)20-16-10-5-11-17-20/h3-17,21H,2H2,1H3. The van der Waals surface area contributed by atoms with Crippen molar-refractivity contribution >= 4 is 34.3 Å². The molecule has 0 radical (unpaired) electrons. The van der Waals surface area contributed by atoms with Crippen LogP contribution in [-0.2, 0) is 14.1 Å². The Balaban J connectivity index is 2.09. The van der Waals surface area contributed by atoms with E-state index in [9.17, 15) is 9.36 Å². The Morgan fingerprint density at radius 3 is 1.74 bits per heavy atom. The van der Waals surface area contributed by atoms with Crippen molar-refractivity contribution in [3.8, 4) is 0 Å². The molecule has 27 heavy (non-hydrogen) atoms. The third-order valence-corrected chi connectivity index (χ3v) is 9.77. The number of carbonyl (C=O) groups is 1. The van der Waals surface area contributed by atoms with E-state index in [2.05, 4.69) is 0 Å². The van der Waals surface area contributed by atoms with Crippen LogP contribution in [0.15, 0.2) is 91.0 Å². The Morgan fingerprint density at radius 1 is 0.852 bits per heavy atom. The van der Waals surface area contributed by atoms with Gasteiger partial charge in [0.1, 0.15) is 5.25 Å². The normalized spacial score (nSPS) is 12.3. The van der Waals surface area contributed by atoms with Gasteiger partial charge in [0.25, 0.3) is 0 Å². The maximum atomic E-state index is 14.3. The number of hydrogen-bond donors (Lipinski definition) is 0. The number of rotatable bonds is 7. The summed E-state index contributed by atoms with van der Waals surface area (Å²) in [4.78, 5) is 12.7. The molecular formula is C22H21O3PS. The van der Waals surface area contributed by atoms with Gasteiger partial charge in [-0.15, -0.1) is 0 Å². The zero-order valence-electron chi connectivity index (χ0n) is 15.0. The highest BCUT2D eigenvalue weighted by Gasteiger charge is 2.36. The Kier molecular flexibility index (Phi) is 6.54. The van der Waals surface area contributed by atoms with Gasteiger partial charge in [0.05, 0.1) is 6.61 Å². The SMILES string of the molecule is CCOC(=O)C(SP(=O)(c1ccccc1)c1ccccc1)c1ccccc1. The summed E-state index contributed by atoms with van der Waals surface area (Å²) in [5.41, 5.74) is 0.785. The largest absolute Gasteiger partial charge is 0.465 e. The van der Waals surface area contributed by atoms with E-state index in [1.54, 1.807) is 6.92 Å². The van der Waals surface area contributed by atoms with Crippen LogP contribution in [0, 0.1) is 0 Å². The number of carbonyl (C=O) groups excluding carboxylic acids is 1. The molecule has 138 valence electrons. The lowest BCUT2D eigenvalue weighted by molar-refractivity contribution is -0.142. The molecule has 0 aromatic heterocycles. The summed E-state index contributed by atoms with van der Waals surface area (Å²) < 4.78 is 19.6. The van der Waals surface area contributed by atoms with E-state index >= 15 is 0 Å². The van der Waals surface area contributed by atoms with Crippen molar-refractivity contribution in [2.75, 3.05) is 6.61 Å². The van der Waals surface area contributed by atoms with Crippen LogP contribution in [0.4, 0.5) is 0 Å². The zero-order chi connectivity index (χ0) is 19.1. The second kappa shape index (κ2) is 9.07. The van der Waals surface area contributed by atoms with Crippen molar-refractivity contribution in [2.24, 2.45) is 0 Å². The molecule has 1 atom stereocenters. The molecule has 0 heterocycles. The summed E-state index contributed by atoms with van der Waals surface area (Å²) in [6.07, 6.45) is -3.11. The van der Waals surface area contributed by atoms with E-state index in [0.29, 0.717) is 10.6 Å². The van der Waals surface area contributed by atoms with E-state index in [1.807, 2.05) is 91.0 Å². The van der Waals surface area contributed by atoms with Gasteiger partial charge in [0, 0.05) is 10.6 Å². The van der Waals surface area contributed by atoms with Gasteiger partial charge < -0.3 is 9.30 Å². The minimum atomic E-state index is -3.11. The molecule has 0 aliphatic rings. The lowest BCUT2D eigenvalue weighted by Gasteiger charge is -2.24. The molecule has 0 N–H and O–H groups in total. The third-order valence-electron chi connectivity index (χ3n) is 4.05. The van der Waals surface area contributed by atoms with Crippen molar-refractivity contribution < 1.29 is 14.1 Å². The lowest BCUT2D eigenvalue weighted by Crippen LogP contribution is -2.18. The predicted octanol–water partition coefficient (Wildman–Crippen LogP) is 4.95. The van der Waals surface area contributed by atoms with E-state index in [4.69, 9.17) is 4.74 Å². The molecule has 5 heteroatoms. The van der Waals surface area contributed by atoms with E-state index in [1.165, 1.54) is 11.4 Å². The number of ether oxygens (including phenoxy) is 1. The fourth-order valence-electron chi connectivity index (χ4n) is 2.75. The molecule has 0 saturated heterocycles. The Hall–Kier alpha value is -2.29. The fourth-order valence-corrected chi connectivity index (χ4v) is 8.13. The molecule has 0 bridgehead atoms. The smallest absolute Gasteiger partial charge is 0.324 e. The molecule has 0 fully saturated rings. The highest BCUT2D eigenvalue weighted by atomic mass is 32.7. The van der Waals surface area contributed by atoms with Crippen LogP contribution in [-0.4, -0.2) is 12.6 Å². The Bertz CT molecular complexity index is 871. The second-order valence-corrected chi connectivity index (χ2v) is 10.9. The molecule has 0 aliphatic heterocycles. The molecule has 3 aromatic rings. The summed E-state index contributed by atoms with van der Waals surface area (Å²) in [5, 5.41) is 0.759. The summed E-state index contributed by atoms with van der Waals surface area (Å²) in [7, 11) is 0. The topological polar surface area (TPSA) is 43.4 Å². The number of hydrogen-bond acceptors (Lipinski definition) is 4. The molecule has 1 unspecified atom stereocenters. The Labute approximate surface area is 163 Å². The van der Waals surface area contributed by atoms with Crippen LogP contribution >= 0.6 is 17.7 Å². The van der Waals surface area contributed by atoms with Crippen molar-refractivity contribution in [2.45, 2.75) is 12.2 Å². The van der Waals surface area contributed by atoms with Crippen molar-refractivity contribution in [1.82, 2.24) is 0 Å². The van der Waals surface area contributed by atoms with Crippen LogP contribution in [0.5, 0.6) is 0 Å².